The third-order valence-electron chi connectivity index (χ3n) is 6.71. The van der Waals surface area contributed by atoms with Gasteiger partial charge in [0.15, 0.2) is 0 Å². The van der Waals surface area contributed by atoms with E-state index in [2.05, 4.69) is 28.4 Å². The van der Waals surface area contributed by atoms with E-state index in [4.69, 9.17) is 4.98 Å². The van der Waals surface area contributed by atoms with Crippen LogP contribution in [0.5, 0.6) is 0 Å². The molecule has 0 bridgehead atoms. The molecule has 1 N–H and O–H groups in total. The lowest BCUT2D eigenvalue weighted by Crippen LogP contribution is -2.48. The third-order valence-corrected chi connectivity index (χ3v) is 7.91. The van der Waals surface area contributed by atoms with Crippen LogP contribution in [0, 0.1) is 0 Å². The first-order valence-corrected chi connectivity index (χ1v) is 11.7. The number of carbonyl (C=O) groups is 2. The molecule has 6 nitrogen and oxygen atoms in total. The Hall–Kier alpha value is -1.99. The van der Waals surface area contributed by atoms with E-state index in [-0.39, 0.29) is 11.9 Å². The van der Waals surface area contributed by atoms with Crippen molar-refractivity contribution in [2.24, 2.45) is 0 Å². The summed E-state index contributed by atoms with van der Waals surface area (Å²) in [6.07, 6.45) is 8.08. The number of fused-ring (bicyclic) bond motifs is 1. The second-order valence-corrected chi connectivity index (χ2v) is 9.80. The Bertz CT molecular complexity index is 885. The number of nitrogens with zero attached hydrogens (tertiary/aromatic N) is 3. The smallest absolute Gasteiger partial charge is 0.323 e. The van der Waals surface area contributed by atoms with Gasteiger partial charge in [0.2, 0.25) is 0 Å². The number of thiazole rings is 1. The number of piperidine rings is 1. The lowest BCUT2D eigenvalue weighted by molar-refractivity contribution is -0.133. The van der Waals surface area contributed by atoms with Crippen LogP contribution in [0.2, 0.25) is 0 Å². The molecule has 2 aromatic rings. The average molecular weight is 413 g/mol. The van der Waals surface area contributed by atoms with Crippen LogP contribution in [0.15, 0.2) is 24.3 Å². The van der Waals surface area contributed by atoms with Crippen LogP contribution in [0.4, 0.5) is 4.79 Å². The zero-order valence-electron chi connectivity index (χ0n) is 16.7. The van der Waals surface area contributed by atoms with Gasteiger partial charge in [-0.2, -0.15) is 0 Å². The predicted molar refractivity (Wildman–Crippen MR) is 114 cm³/mol. The zero-order chi connectivity index (χ0) is 19.8. The number of hydrogen-bond donors (Lipinski definition) is 1. The highest BCUT2D eigenvalue weighted by molar-refractivity contribution is 7.18. The first-order chi connectivity index (χ1) is 14.1. The van der Waals surface area contributed by atoms with Crippen LogP contribution in [0.3, 0.4) is 0 Å². The van der Waals surface area contributed by atoms with E-state index in [1.807, 2.05) is 6.07 Å². The lowest BCUT2D eigenvalue weighted by atomic mass is 9.90. The summed E-state index contributed by atoms with van der Waals surface area (Å²) in [7, 11) is 0. The van der Waals surface area contributed by atoms with Gasteiger partial charge in [-0.25, -0.2) is 14.7 Å². The first kappa shape index (κ1) is 19.0. The van der Waals surface area contributed by atoms with Gasteiger partial charge >= 0.3 is 6.03 Å². The number of carbonyl (C=O) groups excluding carboxylic acids is 2. The molecule has 1 saturated carbocycles. The molecule has 3 amide bonds. The number of rotatable bonds is 3. The molecule has 3 heterocycles. The van der Waals surface area contributed by atoms with Crippen molar-refractivity contribution in [3.05, 3.63) is 29.3 Å². The Kier molecular flexibility index (Phi) is 5.04. The van der Waals surface area contributed by atoms with Gasteiger partial charge in [-0.05, 0) is 44.4 Å². The quantitative estimate of drug-likeness (QED) is 0.772. The fraction of sp³-hybridized carbons (Fsp3) is 0.591. The summed E-state index contributed by atoms with van der Waals surface area (Å²) in [5, 5.41) is 4.23. The van der Waals surface area contributed by atoms with Gasteiger partial charge in [-0.1, -0.05) is 37.8 Å². The Balaban J connectivity index is 1.29. The summed E-state index contributed by atoms with van der Waals surface area (Å²) in [5.41, 5.74) is 0.421. The van der Waals surface area contributed by atoms with Gasteiger partial charge in [0.25, 0.3) is 5.91 Å². The molecular weight excluding hydrogens is 384 g/mol. The summed E-state index contributed by atoms with van der Waals surface area (Å²) >= 11 is 1.77. The number of likely N-dealkylation sites (tertiary alicyclic amines) is 1. The molecule has 7 heteroatoms. The summed E-state index contributed by atoms with van der Waals surface area (Å²) in [6.45, 7) is 2.17. The van der Waals surface area contributed by atoms with Crippen molar-refractivity contribution < 1.29 is 9.59 Å². The number of amides is 3. The largest absolute Gasteiger partial charge is 0.326 e. The number of para-hydroxylation sites is 1. The fourth-order valence-corrected chi connectivity index (χ4v) is 6.22. The Morgan fingerprint density at radius 3 is 2.69 bits per heavy atom. The minimum atomic E-state index is -0.643. The van der Waals surface area contributed by atoms with Crippen molar-refractivity contribution in [2.45, 2.75) is 62.8 Å². The predicted octanol–water partition coefficient (Wildman–Crippen LogP) is 4.08. The molecule has 2 aliphatic heterocycles. The lowest BCUT2D eigenvalue weighted by Gasteiger charge is -2.34. The van der Waals surface area contributed by atoms with Crippen molar-refractivity contribution in [3.63, 3.8) is 0 Å². The average Bonchev–Trinajstić information content (AvgIpc) is 3.15. The fourth-order valence-electron chi connectivity index (χ4n) is 5.13. The number of imide groups is 1. The second kappa shape index (κ2) is 7.69. The first-order valence-electron chi connectivity index (χ1n) is 10.9. The molecule has 154 valence electrons. The van der Waals surface area contributed by atoms with E-state index >= 15 is 0 Å². The molecule has 1 unspecified atom stereocenters. The molecule has 3 fully saturated rings. The topological polar surface area (TPSA) is 65.5 Å². The van der Waals surface area contributed by atoms with Crippen molar-refractivity contribution in [1.29, 1.82) is 0 Å². The molecule has 29 heavy (non-hydrogen) atoms. The number of aromatic nitrogens is 1. The molecule has 1 atom stereocenters. The molecule has 0 radical (unpaired) electrons. The Morgan fingerprint density at radius 1 is 1.10 bits per heavy atom. The van der Waals surface area contributed by atoms with Crippen LogP contribution < -0.4 is 5.32 Å². The van der Waals surface area contributed by atoms with Crippen LogP contribution >= 0.6 is 11.3 Å². The summed E-state index contributed by atoms with van der Waals surface area (Å²) in [5.74, 6) is 0.361. The van der Waals surface area contributed by atoms with Crippen molar-refractivity contribution in [2.75, 3.05) is 19.8 Å². The molecule has 5 rings (SSSR count). The van der Waals surface area contributed by atoms with E-state index < -0.39 is 5.54 Å². The maximum atomic E-state index is 13.2. The van der Waals surface area contributed by atoms with Gasteiger partial charge in [-0.15, -0.1) is 11.3 Å². The molecular formula is C22H28N4O2S. The summed E-state index contributed by atoms with van der Waals surface area (Å²) in [6, 6.07) is 8.06. The van der Waals surface area contributed by atoms with Crippen molar-refractivity contribution in [1.82, 2.24) is 20.1 Å². The summed E-state index contributed by atoms with van der Waals surface area (Å²) < 4.78 is 1.23. The minimum absolute atomic E-state index is 0.00786. The maximum Gasteiger partial charge on any atom is 0.326 e. The van der Waals surface area contributed by atoms with Crippen LogP contribution in [-0.4, -0.2) is 52.0 Å². The number of urea groups is 1. The number of nitrogens with one attached hydrogen (secondary N) is 1. The maximum absolute atomic E-state index is 13.2. The zero-order valence-corrected chi connectivity index (χ0v) is 17.5. The minimum Gasteiger partial charge on any atom is -0.323 e. The van der Waals surface area contributed by atoms with E-state index in [0.717, 1.165) is 70.0 Å². The van der Waals surface area contributed by atoms with Gasteiger partial charge in [0.05, 0.1) is 21.9 Å². The molecule has 1 spiro atoms. The van der Waals surface area contributed by atoms with Gasteiger partial charge in [0, 0.05) is 12.5 Å². The van der Waals surface area contributed by atoms with Gasteiger partial charge < -0.3 is 5.32 Å². The SMILES string of the molecule is O=C1NC2(CCCCCC2)C(=O)N1CN1CCCC(c2nc3ccccc3s2)C1. The van der Waals surface area contributed by atoms with E-state index in [9.17, 15) is 9.59 Å². The van der Waals surface area contributed by atoms with E-state index in [0.29, 0.717) is 12.6 Å². The molecule has 1 aromatic heterocycles. The number of hydrogen-bond acceptors (Lipinski definition) is 5. The van der Waals surface area contributed by atoms with E-state index in [1.165, 1.54) is 14.6 Å². The van der Waals surface area contributed by atoms with Gasteiger partial charge in [-0.3, -0.25) is 9.69 Å². The molecule has 3 aliphatic rings. The molecule has 2 saturated heterocycles. The van der Waals surface area contributed by atoms with Crippen molar-refractivity contribution >= 4 is 33.5 Å². The highest BCUT2D eigenvalue weighted by Gasteiger charge is 2.51. The van der Waals surface area contributed by atoms with Crippen LogP contribution in [-0.2, 0) is 4.79 Å². The molecule has 1 aliphatic carbocycles. The number of benzene rings is 1. The third kappa shape index (κ3) is 3.55. The highest BCUT2D eigenvalue weighted by Crippen LogP contribution is 2.35. The highest BCUT2D eigenvalue weighted by atomic mass is 32.1. The molecule has 1 aromatic carbocycles. The Labute approximate surface area is 175 Å². The van der Waals surface area contributed by atoms with Gasteiger partial charge in [0.1, 0.15) is 5.54 Å². The standard InChI is InChI=1S/C22H28N4O2S/c27-20-22(11-5-1-2-6-12-22)24-21(28)26(20)15-25-13-7-8-16(14-25)19-23-17-9-3-4-10-18(17)29-19/h3-4,9-10,16H,1-2,5-8,11-15H2,(H,24,28). The van der Waals surface area contributed by atoms with E-state index in [1.54, 1.807) is 11.3 Å². The second-order valence-electron chi connectivity index (χ2n) is 8.74. The summed E-state index contributed by atoms with van der Waals surface area (Å²) in [4.78, 5) is 34.4. The van der Waals surface area contributed by atoms with Crippen LogP contribution in [0.25, 0.3) is 10.2 Å². The van der Waals surface area contributed by atoms with Crippen LogP contribution in [0.1, 0.15) is 62.3 Å². The monoisotopic (exact) mass is 412 g/mol. The van der Waals surface area contributed by atoms with Crippen molar-refractivity contribution in [3.8, 4) is 0 Å². The Morgan fingerprint density at radius 2 is 1.90 bits per heavy atom. The normalized spacial score (nSPS) is 25.5.